The minimum Gasteiger partial charge on any atom is -0.350 e. The Morgan fingerprint density at radius 1 is 0.868 bits per heavy atom. The minimum absolute atomic E-state index is 0.161. The quantitative estimate of drug-likeness (QED) is 0.252. The van der Waals surface area contributed by atoms with Gasteiger partial charge in [-0.3, -0.25) is 9.59 Å². The SMILES string of the molecule is CC(C)(C)NC(=O)[C@@H](Cc1ccccc1)N(Cc1ccc(Cl)c(Cl)c1)C(=O)CSCc1ccc(Cl)cc1Cl. The molecule has 0 spiro atoms. The molecule has 0 saturated carbocycles. The van der Waals surface area contributed by atoms with Gasteiger partial charge in [-0.15, -0.1) is 11.8 Å². The van der Waals surface area contributed by atoms with Crippen molar-refractivity contribution in [3.63, 3.8) is 0 Å². The number of thioether (sulfide) groups is 1. The first kappa shape index (κ1) is 30.6. The number of carbonyl (C=O) groups is 2. The molecular formula is C29H30Cl4N2O2S. The third-order valence-electron chi connectivity index (χ3n) is 5.60. The molecule has 0 fully saturated rings. The zero-order chi connectivity index (χ0) is 27.9. The van der Waals surface area contributed by atoms with Gasteiger partial charge in [-0.2, -0.15) is 0 Å². The lowest BCUT2D eigenvalue weighted by molar-refractivity contribution is -0.140. The lowest BCUT2D eigenvalue weighted by Gasteiger charge is -2.34. The standard InChI is InChI=1S/C29H30Cl4N2O2S/c1-29(2,3)34-28(37)26(14-19-7-5-4-6-8-19)35(16-20-9-12-23(31)25(33)13-20)27(36)18-38-17-21-10-11-22(30)15-24(21)32/h4-13,15,26H,14,16-18H2,1-3H3,(H,34,37)/t26-/m1/s1. The van der Waals surface area contributed by atoms with E-state index in [4.69, 9.17) is 46.4 Å². The highest BCUT2D eigenvalue weighted by Gasteiger charge is 2.32. The summed E-state index contributed by atoms with van der Waals surface area (Å²) in [4.78, 5) is 29.0. The van der Waals surface area contributed by atoms with E-state index in [2.05, 4.69) is 5.32 Å². The van der Waals surface area contributed by atoms with Crippen LogP contribution in [0.2, 0.25) is 20.1 Å². The minimum atomic E-state index is -0.738. The number of carbonyl (C=O) groups excluding carboxylic acids is 2. The van der Waals surface area contributed by atoms with Gasteiger partial charge >= 0.3 is 0 Å². The fourth-order valence-corrected chi connectivity index (χ4v) is 5.60. The first-order valence-corrected chi connectivity index (χ1v) is 14.7. The Bertz CT molecular complexity index is 1270. The zero-order valence-corrected chi connectivity index (χ0v) is 25.3. The Balaban J connectivity index is 1.90. The van der Waals surface area contributed by atoms with Crippen molar-refractivity contribution in [1.82, 2.24) is 10.2 Å². The van der Waals surface area contributed by atoms with Crippen molar-refractivity contribution in [3.8, 4) is 0 Å². The van der Waals surface area contributed by atoms with Crippen molar-refractivity contribution in [2.45, 2.75) is 51.1 Å². The largest absolute Gasteiger partial charge is 0.350 e. The molecule has 202 valence electrons. The third kappa shape index (κ3) is 9.39. The van der Waals surface area contributed by atoms with E-state index in [-0.39, 0.29) is 24.1 Å². The van der Waals surface area contributed by atoms with Gasteiger partial charge in [-0.1, -0.05) is 88.9 Å². The summed E-state index contributed by atoms with van der Waals surface area (Å²) in [6.45, 7) is 5.96. The Morgan fingerprint density at radius 3 is 2.21 bits per heavy atom. The Kier molecular flexibility index (Phi) is 11.3. The zero-order valence-electron chi connectivity index (χ0n) is 21.4. The molecule has 0 heterocycles. The summed E-state index contributed by atoms with van der Waals surface area (Å²) in [7, 11) is 0. The van der Waals surface area contributed by atoms with Gasteiger partial charge in [0, 0.05) is 34.3 Å². The Morgan fingerprint density at radius 2 is 1.58 bits per heavy atom. The average molecular weight is 612 g/mol. The van der Waals surface area contributed by atoms with Crippen molar-refractivity contribution >= 4 is 70.0 Å². The number of amides is 2. The summed E-state index contributed by atoms with van der Waals surface area (Å²) < 4.78 is 0. The van der Waals surface area contributed by atoms with Gasteiger partial charge in [0.15, 0.2) is 0 Å². The molecule has 3 aromatic carbocycles. The lowest BCUT2D eigenvalue weighted by Crippen LogP contribution is -2.54. The molecule has 4 nitrogen and oxygen atoms in total. The van der Waals surface area contributed by atoms with Gasteiger partial charge in [0.05, 0.1) is 15.8 Å². The highest BCUT2D eigenvalue weighted by Crippen LogP contribution is 2.27. The predicted octanol–water partition coefficient (Wildman–Crippen LogP) is 8.09. The van der Waals surface area contributed by atoms with Crippen LogP contribution in [0.25, 0.3) is 0 Å². The van der Waals surface area contributed by atoms with Gasteiger partial charge in [-0.25, -0.2) is 0 Å². The van der Waals surface area contributed by atoms with Gasteiger partial charge in [0.25, 0.3) is 0 Å². The molecule has 0 aromatic heterocycles. The normalized spacial score (nSPS) is 12.2. The molecule has 9 heteroatoms. The predicted molar refractivity (Wildman–Crippen MR) is 161 cm³/mol. The second-order valence-corrected chi connectivity index (χ2v) is 12.6. The lowest BCUT2D eigenvalue weighted by atomic mass is 10.0. The van der Waals surface area contributed by atoms with Crippen LogP contribution in [0.4, 0.5) is 0 Å². The van der Waals surface area contributed by atoms with E-state index in [0.29, 0.717) is 32.3 Å². The number of nitrogens with zero attached hydrogens (tertiary/aromatic N) is 1. The van der Waals surface area contributed by atoms with Crippen LogP contribution in [0.1, 0.15) is 37.5 Å². The van der Waals surface area contributed by atoms with E-state index in [9.17, 15) is 9.59 Å². The first-order chi connectivity index (χ1) is 17.9. The number of hydrogen-bond donors (Lipinski definition) is 1. The first-order valence-electron chi connectivity index (χ1n) is 12.0. The number of halogens is 4. The average Bonchev–Trinajstić information content (AvgIpc) is 2.84. The maximum absolute atomic E-state index is 13.7. The maximum atomic E-state index is 13.7. The monoisotopic (exact) mass is 610 g/mol. The molecule has 2 amide bonds. The highest BCUT2D eigenvalue weighted by atomic mass is 35.5. The molecule has 0 unspecified atom stereocenters. The molecule has 38 heavy (non-hydrogen) atoms. The molecule has 0 aliphatic carbocycles. The maximum Gasteiger partial charge on any atom is 0.243 e. The molecular weight excluding hydrogens is 582 g/mol. The van der Waals surface area contributed by atoms with Crippen LogP contribution in [0.5, 0.6) is 0 Å². The van der Waals surface area contributed by atoms with Gasteiger partial charge in [0.1, 0.15) is 6.04 Å². The summed E-state index contributed by atoms with van der Waals surface area (Å²) in [5.74, 6) is 0.297. The molecule has 0 aliphatic rings. The van der Waals surface area contributed by atoms with Crippen LogP contribution in [-0.4, -0.2) is 34.0 Å². The molecule has 0 aliphatic heterocycles. The smallest absolute Gasteiger partial charge is 0.243 e. The van der Waals surface area contributed by atoms with Crippen LogP contribution in [0.3, 0.4) is 0 Å². The number of nitrogens with one attached hydrogen (secondary N) is 1. The topological polar surface area (TPSA) is 49.4 Å². The van der Waals surface area contributed by atoms with Crippen LogP contribution >= 0.6 is 58.2 Å². The summed E-state index contributed by atoms with van der Waals surface area (Å²) in [5.41, 5.74) is 2.15. The number of benzene rings is 3. The van der Waals surface area contributed by atoms with E-state index in [0.717, 1.165) is 16.7 Å². The third-order valence-corrected chi connectivity index (χ3v) is 7.90. The van der Waals surface area contributed by atoms with Crippen molar-refractivity contribution < 1.29 is 9.59 Å². The van der Waals surface area contributed by atoms with E-state index >= 15 is 0 Å². The second kappa shape index (κ2) is 14.0. The van der Waals surface area contributed by atoms with E-state index in [1.165, 1.54) is 11.8 Å². The molecule has 1 atom stereocenters. The van der Waals surface area contributed by atoms with Gasteiger partial charge < -0.3 is 10.2 Å². The van der Waals surface area contributed by atoms with Crippen LogP contribution in [0.15, 0.2) is 66.7 Å². The summed E-state index contributed by atoms with van der Waals surface area (Å²) in [5, 5.41) is 4.98. The van der Waals surface area contributed by atoms with E-state index in [1.54, 1.807) is 29.2 Å². The molecule has 3 aromatic rings. The molecule has 0 bridgehead atoms. The van der Waals surface area contributed by atoms with Gasteiger partial charge in [0.2, 0.25) is 11.8 Å². The van der Waals surface area contributed by atoms with Gasteiger partial charge in [-0.05, 0) is 61.7 Å². The van der Waals surface area contributed by atoms with Crippen LogP contribution in [0, 0.1) is 0 Å². The van der Waals surface area contributed by atoms with Crippen molar-refractivity contribution in [2.24, 2.45) is 0 Å². The second-order valence-electron chi connectivity index (χ2n) is 9.94. The summed E-state index contributed by atoms with van der Waals surface area (Å²) in [6, 6.07) is 19.5. The Hall–Kier alpha value is -1.89. The van der Waals surface area contributed by atoms with E-state index in [1.807, 2.05) is 63.2 Å². The van der Waals surface area contributed by atoms with Crippen molar-refractivity contribution in [3.05, 3.63) is 104 Å². The Labute approximate surface area is 249 Å². The summed E-state index contributed by atoms with van der Waals surface area (Å²) in [6.07, 6.45) is 0.365. The summed E-state index contributed by atoms with van der Waals surface area (Å²) >= 11 is 26.2. The molecule has 0 saturated heterocycles. The number of hydrogen-bond acceptors (Lipinski definition) is 3. The van der Waals surface area contributed by atoms with E-state index < -0.39 is 11.6 Å². The molecule has 1 N–H and O–H groups in total. The number of rotatable bonds is 10. The fourth-order valence-electron chi connectivity index (χ4n) is 3.81. The van der Waals surface area contributed by atoms with Crippen LogP contribution in [-0.2, 0) is 28.3 Å². The molecule has 3 rings (SSSR count). The van der Waals surface area contributed by atoms with Crippen molar-refractivity contribution in [1.29, 1.82) is 0 Å². The van der Waals surface area contributed by atoms with Crippen LogP contribution < -0.4 is 5.32 Å². The molecule has 0 radical (unpaired) electrons. The fraction of sp³-hybridized carbons (Fsp3) is 0.310. The van der Waals surface area contributed by atoms with Crippen molar-refractivity contribution in [2.75, 3.05) is 5.75 Å². The highest BCUT2D eigenvalue weighted by molar-refractivity contribution is 7.99.